The minimum Gasteiger partial charge on any atom is -0.342 e. The van der Waals surface area contributed by atoms with Gasteiger partial charge in [-0.1, -0.05) is 0 Å². The number of alkyl halides is 2. The second-order valence-electron chi connectivity index (χ2n) is 5.27. The monoisotopic (exact) mass is 246 g/mol. The van der Waals surface area contributed by atoms with Crippen LogP contribution in [0.3, 0.4) is 0 Å². The zero-order valence-corrected chi connectivity index (χ0v) is 10.2. The van der Waals surface area contributed by atoms with Gasteiger partial charge in [0.15, 0.2) is 0 Å². The van der Waals surface area contributed by atoms with Gasteiger partial charge in [0.1, 0.15) is 0 Å². The van der Waals surface area contributed by atoms with Crippen LogP contribution in [0.2, 0.25) is 0 Å². The third-order valence-electron chi connectivity index (χ3n) is 3.86. The first kappa shape index (κ1) is 12.7. The molecule has 0 saturated carbocycles. The fourth-order valence-electron chi connectivity index (χ4n) is 2.71. The smallest absolute Gasteiger partial charge is 0.249 e. The molecule has 2 rings (SSSR count). The Morgan fingerprint density at radius 2 is 2.18 bits per heavy atom. The Kier molecular flexibility index (Phi) is 3.66. The van der Waals surface area contributed by atoms with E-state index in [1.54, 1.807) is 4.90 Å². The Balaban J connectivity index is 1.94. The molecule has 2 heterocycles. The first-order valence-electron chi connectivity index (χ1n) is 6.36. The van der Waals surface area contributed by atoms with Crippen LogP contribution in [0.1, 0.15) is 26.2 Å². The van der Waals surface area contributed by atoms with E-state index < -0.39 is 11.8 Å². The van der Waals surface area contributed by atoms with Crippen LogP contribution < -0.4 is 5.32 Å². The summed E-state index contributed by atoms with van der Waals surface area (Å²) in [5.74, 6) is -3.29. The van der Waals surface area contributed by atoms with Crippen LogP contribution in [-0.4, -0.2) is 42.9 Å². The Hall–Kier alpha value is -0.710. The van der Waals surface area contributed by atoms with Gasteiger partial charge in [0, 0.05) is 25.6 Å². The van der Waals surface area contributed by atoms with Gasteiger partial charge in [0.2, 0.25) is 11.8 Å². The maximum atomic E-state index is 13.3. The molecule has 0 aromatic heterocycles. The second-order valence-corrected chi connectivity index (χ2v) is 5.27. The number of hydrogen-bond acceptors (Lipinski definition) is 2. The van der Waals surface area contributed by atoms with Crippen molar-refractivity contribution in [3.63, 3.8) is 0 Å². The molecule has 2 fully saturated rings. The summed E-state index contributed by atoms with van der Waals surface area (Å²) in [6, 6.07) is 0. The highest BCUT2D eigenvalue weighted by Gasteiger charge is 2.39. The molecule has 0 aromatic carbocycles. The van der Waals surface area contributed by atoms with E-state index in [1.165, 1.54) is 0 Å². The van der Waals surface area contributed by atoms with Gasteiger partial charge in [-0.05, 0) is 32.7 Å². The number of nitrogens with zero attached hydrogens (tertiary/aromatic N) is 1. The van der Waals surface area contributed by atoms with Gasteiger partial charge in [-0.2, -0.15) is 0 Å². The molecule has 0 bridgehead atoms. The molecular weight excluding hydrogens is 226 g/mol. The second kappa shape index (κ2) is 4.88. The molecular formula is C12H20F2N2O. The zero-order chi connectivity index (χ0) is 12.5. The minimum absolute atomic E-state index is 0.000714. The maximum absolute atomic E-state index is 13.3. The quantitative estimate of drug-likeness (QED) is 0.800. The summed E-state index contributed by atoms with van der Waals surface area (Å²) in [5.41, 5.74) is 0. The summed E-state index contributed by atoms with van der Waals surface area (Å²) in [5, 5.41) is 3.14. The van der Waals surface area contributed by atoms with Gasteiger partial charge in [-0.3, -0.25) is 4.79 Å². The van der Waals surface area contributed by atoms with Crippen molar-refractivity contribution < 1.29 is 13.6 Å². The molecule has 5 heteroatoms. The number of nitrogens with one attached hydrogen (secondary N) is 1. The number of rotatable bonds is 2. The molecule has 98 valence electrons. The third kappa shape index (κ3) is 2.94. The SMILES string of the molecule is CC(F)(F)[C@H]1CCCN(C(=O)[C@H]2CCNC2)C1. The highest BCUT2D eigenvalue weighted by Crippen LogP contribution is 2.32. The van der Waals surface area contributed by atoms with Crippen molar-refractivity contribution in [2.75, 3.05) is 26.2 Å². The van der Waals surface area contributed by atoms with E-state index in [4.69, 9.17) is 0 Å². The van der Waals surface area contributed by atoms with Crippen molar-refractivity contribution in [3.05, 3.63) is 0 Å². The number of likely N-dealkylation sites (tertiary alicyclic amines) is 1. The number of hydrogen-bond donors (Lipinski definition) is 1. The van der Waals surface area contributed by atoms with Crippen LogP contribution in [0.5, 0.6) is 0 Å². The van der Waals surface area contributed by atoms with E-state index in [1.807, 2.05) is 0 Å². The fraction of sp³-hybridized carbons (Fsp3) is 0.917. The first-order chi connectivity index (χ1) is 7.98. The van der Waals surface area contributed by atoms with Crippen molar-refractivity contribution in [2.24, 2.45) is 11.8 Å². The lowest BCUT2D eigenvalue weighted by molar-refractivity contribution is -0.140. The predicted molar refractivity (Wildman–Crippen MR) is 60.9 cm³/mol. The number of carbonyl (C=O) groups excluding carboxylic acids is 1. The van der Waals surface area contributed by atoms with Gasteiger partial charge in [-0.15, -0.1) is 0 Å². The van der Waals surface area contributed by atoms with Gasteiger partial charge in [0.05, 0.1) is 5.92 Å². The van der Waals surface area contributed by atoms with Crippen LogP contribution in [0, 0.1) is 11.8 Å². The molecule has 0 aliphatic carbocycles. The summed E-state index contributed by atoms with van der Waals surface area (Å²) >= 11 is 0. The van der Waals surface area contributed by atoms with Crippen LogP contribution in [-0.2, 0) is 4.79 Å². The van der Waals surface area contributed by atoms with Crippen LogP contribution in [0.25, 0.3) is 0 Å². The summed E-state index contributed by atoms with van der Waals surface area (Å²) in [6.45, 7) is 3.38. The first-order valence-corrected chi connectivity index (χ1v) is 6.36. The van der Waals surface area contributed by atoms with Gasteiger partial charge in [0.25, 0.3) is 0 Å². The maximum Gasteiger partial charge on any atom is 0.249 e. The molecule has 2 saturated heterocycles. The van der Waals surface area contributed by atoms with Gasteiger partial charge >= 0.3 is 0 Å². The third-order valence-corrected chi connectivity index (χ3v) is 3.86. The molecule has 2 aliphatic rings. The van der Waals surface area contributed by atoms with Crippen molar-refractivity contribution in [1.82, 2.24) is 10.2 Å². The average molecular weight is 246 g/mol. The van der Waals surface area contributed by atoms with Crippen LogP contribution >= 0.6 is 0 Å². The highest BCUT2D eigenvalue weighted by molar-refractivity contribution is 5.79. The lowest BCUT2D eigenvalue weighted by atomic mass is 9.91. The molecule has 0 unspecified atom stereocenters. The van der Waals surface area contributed by atoms with Crippen LogP contribution in [0.15, 0.2) is 0 Å². The van der Waals surface area contributed by atoms with E-state index in [-0.39, 0.29) is 18.4 Å². The Morgan fingerprint density at radius 3 is 2.76 bits per heavy atom. The minimum atomic E-state index is -2.67. The van der Waals surface area contributed by atoms with E-state index in [9.17, 15) is 13.6 Å². The van der Waals surface area contributed by atoms with E-state index >= 15 is 0 Å². The molecule has 1 amide bonds. The van der Waals surface area contributed by atoms with Gasteiger partial charge < -0.3 is 10.2 Å². The predicted octanol–water partition coefficient (Wildman–Crippen LogP) is 1.49. The van der Waals surface area contributed by atoms with Crippen molar-refractivity contribution in [2.45, 2.75) is 32.1 Å². The van der Waals surface area contributed by atoms with Crippen molar-refractivity contribution in [1.29, 1.82) is 0 Å². The molecule has 0 aromatic rings. The van der Waals surface area contributed by atoms with Gasteiger partial charge in [-0.25, -0.2) is 8.78 Å². The molecule has 1 N–H and O–H groups in total. The summed E-state index contributed by atoms with van der Waals surface area (Å²) in [6.07, 6.45) is 2.05. The van der Waals surface area contributed by atoms with Crippen molar-refractivity contribution >= 4 is 5.91 Å². The Bertz CT molecular complexity index is 285. The summed E-state index contributed by atoms with van der Waals surface area (Å²) < 4.78 is 26.5. The van der Waals surface area contributed by atoms with Crippen LogP contribution in [0.4, 0.5) is 8.78 Å². The molecule has 17 heavy (non-hydrogen) atoms. The topological polar surface area (TPSA) is 32.3 Å². The average Bonchev–Trinajstić information content (AvgIpc) is 2.80. The lowest BCUT2D eigenvalue weighted by Crippen LogP contribution is -2.47. The molecule has 3 nitrogen and oxygen atoms in total. The Morgan fingerprint density at radius 1 is 1.41 bits per heavy atom. The molecule has 2 atom stereocenters. The largest absolute Gasteiger partial charge is 0.342 e. The number of carbonyl (C=O) groups is 1. The van der Waals surface area contributed by atoms with E-state index in [0.29, 0.717) is 25.9 Å². The molecule has 0 radical (unpaired) electrons. The zero-order valence-electron chi connectivity index (χ0n) is 10.2. The standard InChI is InChI=1S/C12H20F2N2O/c1-12(13,14)10-3-2-6-16(8-10)11(17)9-4-5-15-7-9/h9-10,15H,2-8H2,1H3/t9-,10-/m0/s1. The molecule has 2 aliphatic heterocycles. The molecule has 0 spiro atoms. The number of halogens is 2. The normalized spacial score (nSPS) is 30.6. The number of amides is 1. The highest BCUT2D eigenvalue weighted by atomic mass is 19.3. The summed E-state index contributed by atoms with van der Waals surface area (Å²) in [7, 11) is 0. The number of piperidine rings is 1. The van der Waals surface area contributed by atoms with E-state index in [2.05, 4.69) is 5.32 Å². The fourth-order valence-corrected chi connectivity index (χ4v) is 2.71. The van der Waals surface area contributed by atoms with E-state index in [0.717, 1.165) is 19.9 Å². The Labute approximate surface area is 101 Å². The van der Waals surface area contributed by atoms with Crippen molar-refractivity contribution in [3.8, 4) is 0 Å². The summed E-state index contributed by atoms with van der Waals surface area (Å²) in [4.78, 5) is 13.8. The lowest BCUT2D eigenvalue weighted by Gasteiger charge is -2.36.